The monoisotopic (exact) mass is 396 g/mol. The Hall–Kier alpha value is -2.56. The Kier molecular flexibility index (Phi) is 6.78. The molecule has 29 heavy (non-hydrogen) atoms. The van der Waals surface area contributed by atoms with E-state index in [1.165, 1.54) is 0 Å². The minimum atomic E-state index is -0.139. The number of nitrogens with one attached hydrogen (secondary N) is 1. The van der Waals surface area contributed by atoms with Gasteiger partial charge in [-0.15, -0.1) is 0 Å². The summed E-state index contributed by atoms with van der Waals surface area (Å²) < 4.78 is 5.86. The SMILES string of the molecule is CC(C)CN(CC(C)C)C(=O)c1cc2ccccc2cc1OCC(=O)NC1CC1. The lowest BCUT2D eigenvalue weighted by atomic mass is 10.0. The lowest BCUT2D eigenvalue weighted by molar-refractivity contribution is -0.123. The highest BCUT2D eigenvalue weighted by Gasteiger charge is 2.25. The van der Waals surface area contributed by atoms with Gasteiger partial charge in [-0.05, 0) is 47.6 Å². The zero-order chi connectivity index (χ0) is 21.0. The van der Waals surface area contributed by atoms with Crippen LogP contribution in [0.4, 0.5) is 0 Å². The smallest absolute Gasteiger partial charge is 0.258 e. The summed E-state index contributed by atoms with van der Waals surface area (Å²) >= 11 is 0. The van der Waals surface area contributed by atoms with Crippen LogP contribution in [0.25, 0.3) is 10.8 Å². The number of nitrogens with zero attached hydrogens (tertiary/aromatic N) is 1. The number of hydrogen-bond donors (Lipinski definition) is 1. The Morgan fingerprint density at radius 1 is 1.03 bits per heavy atom. The molecule has 5 heteroatoms. The topological polar surface area (TPSA) is 58.6 Å². The Bertz CT molecular complexity index is 862. The molecule has 0 spiro atoms. The van der Waals surface area contributed by atoms with Crippen molar-refractivity contribution in [2.75, 3.05) is 19.7 Å². The van der Waals surface area contributed by atoms with Crippen LogP contribution < -0.4 is 10.1 Å². The van der Waals surface area contributed by atoms with Crippen molar-refractivity contribution in [3.63, 3.8) is 0 Å². The van der Waals surface area contributed by atoms with Crippen LogP contribution in [-0.4, -0.2) is 42.5 Å². The fourth-order valence-electron chi connectivity index (χ4n) is 3.44. The molecule has 0 aliphatic heterocycles. The molecule has 0 saturated heterocycles. The summed E-state index contributed by atoms with van der Waals surface area (Å²) in [5, 5.41) is 4.90. The lowest BCUT2D eigenvalue weighted by Gasteiger charge is -2.27. The van der Waals surface area contributed by atoms with E-state index in [1.807, 2.05) is 41.3 Å². The number of benzene rings is 2. The summed E-state index contributed by atoms with van der Waals surface area (Å²) in [5.41, 5.74) is 0.518. The van der Waals surface area contributed by atoms with Crippen LogP contribution in [0.15, 0.2) is 36.4 Å². The maximum Gasteiger partial charge on any atom is 0.258 e. The first kappa shape index (κ1) is 21.2. The molecule has 156 valence electrons. The maximum absolute atomic E-state index is 13.5. The van der Waals surface area contributed by atoms with E-state index in [0.29, 0.717) is 36.2 Å². The van der Waals surface area contributed by atoms with E-state index in [1.54, 1.807) is 0 Å². The van der Waals surface area contributed by atoms with Gasteiger partial charge in [0, 0.05) is 19.1 Å². The summed E-state index contributed by atoms with van der Waals surface area (Å²) in [5.74, 6) is 1.02. The lowest BCUT2D eigenvalue weighted by Crippen LogP contribution is -2.37. The molecule has 0 atom stereocenters. The van der Waals surface area contributed by atoms with Crippen LogP contribution in [0.3, 0.4) is 0 Å². The molecule has 1 aliphatic carbocycles. The second-order valence-corrected chi connectivity index (χ2v) is 8.82. The van der Waals surface area contributed by atoms with Gasteiger partial charge in [-0.25, -0.2) is 0 Å². The predicted molar refractivity (Wildman–Crippen MR) is 116 cm³/mol. The highest BCUT2D eigenvalue weighted by atomic mass is 16.5. The Balaban J connectivity index is 1.89. The van der Waals surface area contributed by atoms with Gasteiger partial charge in [0.05, 0.1) is 5.56 Å². The van der Waals surface area contributed by atoms with Crippen molar-refractivity contribution >= 4 is 22.6 Å². The van der Waals surface area contributed by atoms with E-state index < -0.39 is 0 Å². The molecule has 1 saturated carbocycles. The van der Waals surface area contributed by atoms with Crippen LogP contribution in [0.2, 0.25) is 0 Å². The Labute approximate surface area is 173 Å². The van der Waals surface area contributed by atoms with Crippen molar-refractivity contribution < 1.29 is 14.3 Å². The van der Waals surface area contributed by atoms with Crippen molar-refractivity contribution in [2.24, 2.45) is 11.8 Å². The van der Waals surface area contributed by atoms with Gasteiger partial charge in [-0.3, -0.25) is 9.59 Å². The summed E-state index contributed by atoms with van der Waals surface area (Å²) in [4.78, 5) is 27.5. The molecule has 1 aliphatic rings. The number of hydrogen-bond acceptors (Lipinski definition) is 3. The van der Waals surface area contributed by atoms with Gasteiger partial charge >= 0.3 is 0 Å². The number of carbonyl (C=O) groups is 2. The molecule has 0 heterocycles. The number of amides is 2. The van der Waals surface area contributed by atoms with Gasteiger partial charge in [-0.1, -0.05) is 52.0 Å². The van der Waals surface area contributed by atoms with Crippen molar-refractivity contribution in [3.8, 4) is 5.75 Å². The van der Waals surface area contributed by atoms with Gasteiger partial charge in [0.2, 0.25) is 0 Å². The first-order chi connectivity index (χ1) is 13.8. The van der Waals surface area contributed by atoms with Crippen LogP contribution >= 0.6 is 0 Å². The van der Waals surface area contributed by atoms with E-state index in [9.17, 15) is 9.59 Å². The minimum Gasteiger partial charge on any atom is -0.483 e. The molecule has 0 bridgehead atoms. The van der Waals surface area contributed by atoms with E-state index in [2.05, 4.69) is 33.0 Å². The minimum absolute atomic E-state index is 0.0456. The van der Waals surface area contributed by atoms with Gasteiger partial charge < -0.3 is 15.0 Å². The third kappa shape index (κ3) is 5.96. The molecule has 1 N–H and O–H groups in total. The fraction of sp³-hybridized carbons (Fsp3) is 0.500. The first-order valence-electron chi connectivity index (χ1n) is 10.6. The molecule has 0 radical (unpaired) electrons. The summed E-state index contributed by atoms with van der Waals surface area (Å²) in [7, 11) is 0. The zero-order valence-corrected chi connectivity index (χ0v) is 17.9. The standard InChI is InChI=1S/C24H32N2O3/c1-16(2)13-26(14-17(3)4)24(28)21-11-18-7-5-6-8-19(18)12-22(21)29-15-23(27)25-20-9-10-20/h5-8,11-12,16-17,20H,9-10,13-15H2,1-4H3,(H,25,27). The average molecular weight is 397 g/mol. The van der Waals surface area contributed by atoms with Crippen molar-refractivity contribution in [2.45, 2.75) is 46.6 Å². The molecule has 2 aromatic rings. The fourth-order valence-corrected chi connectivity index (χ4v) is 3.44. The van der Waals surface area contributed by atoms with Gasteiger partial charge in [0.15, 0.2) is 6.61 Å². The van der Waals surface area contributed by atoms with Gasteiger partial charge in [-0.2, -0.15) is 0 Å². The van der Waals surface area contributed by atoms with Crippen molar-refractivity contribution in [1.29, 1.82) is 0 Å². The molecule has 5 nitrogen and oxygen atoms in total. The number of ether oxygens (including phenoxy) is 1. The van der Waals surface area contributed by atoms with E-state index in [-0.39, 0.29) is 24.5 Å². The van der Waals surface area contributed by atoms with Gasteiger partial charge in [0.25, 0.3) is 11.8 Å². The molecular formula is C24H32N2O3. The normalized spacial score (nSPS) is 13.7. The third-order valence-corrected chi connectivity index (χ3v) is 4.84. The molecule has 1 fully saturated rings. The third-order valence-electron chi connectivity index (χ3n) is 4.84. The van der Waals surface area contributed by atoms with Crippen LogP contribution in [-0.2, 0) is 4.79 Å². The Morgan fingerprint density at radius 2 is 1.62 bits per heavy atom. The number of rotatable bonds is 9. The van der Waals surface area contributed by atoms with E-state index in [4.69, 9.17) is 4.74 Å². The molecular weight excluding hydrogens is 364 g/mol. The first-order valence-corrected chi connectivity index (χ1v) is 10.6. The second kappa shape index (κ2) is 9.29. The van der Waals surface area contributed by atoms with Crippen LogP contribution in [0.5, 0.6) is 5.75 Å². The summed E-state index contributed by atoms with van der Waals surface area (Å²) in [6.07, 6.45) is 2.07. The highest BCUT2D eigenvalue weighted by molar-refractivity contribution is 6.01. The van der Waals surface area contributed by atoms with Crippen LogP contribution in [0, 0.1) is 11.8 Å². The van der Waals surface area contributed by atoms with E-state index in [0.717, 1.165) is 23.6 Å². The molecule has 0 aromatic heterocycles. The molecule has 0 unspecified atom stereocenters. The number of fused-ring (bicyclic) bond motifs is 1. The second-order valence-electron chi connectivity index (χ2n) is 8.82. The molecule has 2 aromatic carbocycles. The Morgan fingerprint density at radius 3 is 2.17 bits per heavy atom. The molecule has 3 rings (SSSR count). The quantitative estimate of drug-likeness (QED) is 0.689. The largest absolute Gasteiger partial charge is 0.483 e. The van der Waals surface area contributed by atoms with Crippen molar-refractivity contribution in [1.82, 2.24) is 10.2 Å². The summed E-state index contributed by atoms with van der Waals surface area (Å²) in [6, 6.07) is 11.9. The highest BCUT2D eigenvalue weighted by Crippen LogP contribution is 2.28. The zero-order valence-electron chi connectivity index (χ0n) is 17.9. The van der Waals surface area contributed by atoms with Gasteiger partial charge in [0.1, 0.15) is 5.75 Å². The van der Waals surface area contributed by atoms with Crippen LogP contribution in [0.1, 0.15) is 50.9 Å². The molecule has 2 amide bonds. The van der Waals surface area contributed by atoms with E-state index >= 15 is 0 Å². The average Bonchev–Trinajstić information content (AvgIpc) is 3.47. The summed E-state index contributed by atoms with van der Waals surface area (Å²) in [6.45, 7) is 9.74. The number of carbonyl (C=O) groups excluding carboxylic acids is 2. The van der Waals surface area contributed by atoms with Crippen molar-refractivity contribution in [3.05, 3.63) is 42.0 Å². The maximum atomic E-state index is 13.5. The predicted octanol–water partition coefficient (Wildman–Crippen LogP) is 4.25.